The molecule has 0 aromatic heterocycles. The van der Waals surface area contributed by atoms with Crippen LogP contribution in [0, 0.1) is 11.7 Å². The molecule has 4 atom stereocenters. The Kier molecular flexibility index (Phi) is 6.44. The number of hydrogen-bond acceptors (Lipinski definition) is 6. The Balaban J connectivity index is 1.56. The molecule has 0 bridgehead atoms. The second-order valence-electron chi connectivity index (χ2n) is 8.89. The predicted octanol–water partition coefficient (Wildman–Crippen LogP) is 4.60. The molecule has 0 saturated carbocycles. The molecular weight excluding hydrogens is 547 g/mol. The molecule has 2 aromatic carbocycles. The zero-order valence-electron chi connectivity index (χ0n) is 18.5. The lowest BCUT2D eigenvalue weighted by Gasteiger charge is -2.39. The number of oxime groups is 1. The van der Waals surface area contributed by atoms with Gasteiger partial charge >= 0.3 is 6.18 Å². The number of carbonyl (C=O) groups is 1. The first-order valence-electron chi connectivity index (χ1n) is 10.7. The number of rotatable bonds is 5. The molecule has 6 nitrogen and oxygen atoms in total. The van der Waals surface area contributed by atoms with E-state index in [1.165, 1.54) is 18.4 Å². The molecule has 4 unspecified atom stereocenters. The maximum absolute atomic E-state index is 14.7. The molecule has 192 valence electrons. The molecule has 0 aliphatic carbocycles. The van der Waals surface area contributed by atoms with Crippen LogP contribution in [0.15, 0.2) is 35.5 Å². The molecule has 3 aliphatic heterocycles. The molecule has 13 heteroatoms. The van der Waals surface area contributed by atoms with E-state index in [4.69, 9.17) is 32.8 Å². The minimum absolute atomic E-state index is 0.0375. The number of benzene rings is 2. The summed E-state index contributed by atoms with van der Waals surface area (Å²) in [6, 6.07) is 6.55. The lowest BCUT2D eigenvalue weighted by Crippen LogP contribution is -2.57. The smallest absolute Gasteiger partial charge is 0.386 e. The zero-order chi connectivity index (χ0) is 26.0. The van der Waals surface area contributed by atoms with Crippen LogP contribution in [-0.2, 0) is 30.8 Å². The van der Waals surface area contributed by atoms with Gasteiger partial charge in [0.1, 0.15) is 29.2 Å². The van der Waals surface area contributed by atoms with Crippen LogP contribution in [-0.4, -0.2) is 47.0 Å². The summed E-state index contributed by atoms with van der Waals surface area (Å²) in [5, 5.41) is 6.26. The Hall–Kier alpha value is -2.05. The van der Waals surface area contributed by atoms with E-state index in [-0.39, 0.29) is 16.3 Å². The van der Waals surface area contributed by atoms with Gasteiger partial charge in [0.2, 0.25) is 0 Å². The quantitative estimate of drug-likeness (QED) is 0.424. The third kappa shape index (κ3) is 4.24. The van der Waals surface area contributed by atoms with Gasteiger partial charge in [-0.1, -0.05) is 40.5 Å². The lowest BCUT2D eigenvalue weighted by atomic mass is 9.83. The van der Waals surface area contributed by atoms with Crippen LogP contribution in [0.4, 0.5) is 17.6 Å². The normalized spacial score (nSPS) is 25.2. The van der Waals surface area contributed by atoms with Crippen LogP contribution in [0.25, 0.3) is 0 Å². The van der Waals surface area contributed by atoms with Crippen molar-refractivity contribution < 1.29 is 36.1 Å². The van der Waals surface area contributed by atoms with E-state index in [2.05, 4.69) is 10.5 Å². The van der Waals surface area contributed by atoms with Gasteiger partial charge in [-0.05, 0) is 29.3 Å². The minimum atomic E-state index is -4.87. The molecule has 5 rings (SSSR count). The van der Waals surface area contributed by atoms with Crippen molar-refractivity contribution in [2.75, 3.05) is 25.1 Å². The van der Waals surface area contributed by atoms with E-state index < -0.39 is 68.6 Å². The highest BCUT2D eigenvalue weighted by atomic mass is 35.5. The number of carbonyl (C=O) groups excluding carboxylic acids is 1. The molecule has 1 N–H and O–H groups in total. The van der Waals surface area contributed by atoms with Gasteiger partial charge in [-0.2, -0.15) is 13.2 Å². The van der Waals surface area contributed by atoms with Gasteiger partial charge in [-0.3, -0.25) is 9.00 Å². The number of ether oxygens (including phenoxy) is 1. The average Bonchev–Trinajstić information content (AvgIpc) is 3.35. The molecule has 0 radical (unpaired) electrons. The molecule has 36 heavy (non-hydrogen) atoms. The first kappa shape index (κ1) is 25.6. The van der Waals surface area contributed by atoms with Crippen LogP contribution in [0.1, 0.15) is 34.5 Å². The molecule has 3 aliphatic rings. The number of Topliss-reactive ketones (excluding diaryl/α,β-unsaturated/α-hetero) is 1. The Labute approximate surface area is 215 Å². The summed E-state index contributed by atoms with van der Waals surface area (Å²) < 4.78 is 75.3. The topological polar surface area (TPSA) is 77.0 Å². The Bertz CT molecular complexity index is 1320. The zero-order valence-corrected chi connectivity index (χ0v) is 20.8. The molecular formula is C23H18Cl2F4N2O4S. The van der Waals surface area contributed by atoms with Crippen molar-refractivity contribution in [3.63, 3.8) is 0 Å². The SMILES string of the molecule is CS(=O)CC(=O)C1OC2(CNC2)c2ccc(C3=NOC(c4cc(Cl)cc(Cl)c4F)C3C(F)(F)F)cc21. The number of alkyl halides is 3. The minimum Gasteiger partial charge on any atom is -0.386 e. The van der Waals surface area contributed by atoms with E-state index in [1.54, 1.807) is 6.07 Å². The fraction of sp³-hybridized carbons (Fsp3) is 0.391. The summed E-state index contributed by atoms with van der Waals surface area (Å²) in [6.45, 7) is 0.842. The molecule has 1 spiro atoms. The largest absolute Gasteiger partial charge is 0.401 e. The number of nitrogens with one attached hydrogen (secondary N) is 1. The standard InChI is InChI=1S/C23H18Cl2F4N2O4S/c1-36(33)7-16(32)20-12-4-10(2-3-14(12)22(34-20)8-30-9-22)19-17(23(27,28)29)21(35-31-19)13-5-11(24)6-15(25)18(13)26/h2-6,17,20-21,30H,7-9H2,1H3. The first-order valence-corrected chi connectivity index (χ1v) is 13.2. The van der Waals surface area contributed by atoms with Gasteiger partial charge in [0, 0.05) is 46.3 Å². The maximum atomic E-state index is 14.7. The summed E-state index contributed by atoms with van der Waals surface area (Å²) in [6.07, 6.45) is -6.43. The molecule has 2 aromatic rings. The van der Waals surface area contributed by atoms with Gasteiger partial charge in [0.05, 0.1) is 10.8 Å². The van der Waals surface area contributed by atoms with Gasteiger partial charge in [-0.25, -0.2) is 4.39 Å². The van der Waals surface area contributed by atoms with Gasteiger partial charge in [0.25, 0.3) is 0 Å². The van der Waals surface area contributed by atoms with Crippen molar-refractivity contribution >= 4 is 45.5 Å². The van der Waals surface area contributed by atoms with Crippen LogP contribution in [0.5, 0.6) is 0 Å². The van der Waals surface area contributed by atoms with Crippen LogP contribution in [0.2, 0.25) is 10.0 Å². The molecule has 1 saturated heterocycles. The number of fused-ring (bicyclic) bond motifs is 2. The van der Waals surface area contributed by atoms with E-state index in [9.17, 15) is 26.6 Å². The summed E-state index contributed by atoms with van der Waals surface area (Å²) in [4.78, 5) is 17.9. The second-order valence-corrected chi connectivity index (χ2v) is 11.2. The molecule has 3 heterocycles. The Morgan fingerprint density at radius 3 is 2.56 bits per heavy atom. The van der Waals surface area contributed by atoms with Gasteiger partial charge in [-0.15, -0.1) is 0 Å². The average molecular weight is 565 g/mol. The third-order valence-corrected chi connectivity index (χ3v) is 7.65. The van der Waals surface area contributed by atoms with Crippen molar-refractivity contribution in [1.82, 2.24) is 5.32 Å². The second kappa shape index (κ2) is 9.05. The molecule has 0 amide bonds. The number of halogens is 6. The highest BCUT2D eigenvalue weighted by Gasteiger charge is 2.56. The highest BCUT2D eigenvalue weighted by Crippen LogP contribution is 2.49. The maximum Gasteiger partial charge on any atom is 0.401 e. The molecule has 1 fully saturated rings. The van der Waals surface area contributed by atoms with E-state index in [1.807, 2.05) is 0 Å². The Morgan fingerprint density at radius 2 is 1.94 bits per heavy atom. The predicted molar refractivity (Wildman–Crippen MR) is 125 cm³/mol. The fourth-order valence-corrected chi connectivity index (χ4v) is 5.86. The van der Waals surface area contributed by atoms with Crippen molar-refractivity contribution in [2.24, 2.45) is 11.1 Å². The van der Waals surface area contributed by atoms with E-state index in [0.717, 1.165) is 12.1 Å². The number of hydrogen-bond donors (Lipinski definition) is 1. The van der Waals surface area contributed by atoms with Crippen molar-refractivity contribution in [3.8, 4) is 0 Å². The van der Waals surface area contributed by atoms with Crippen LogP contribution >= 0.6 is 23.2 Å². The number of ketones is 1. The first-order chi connectivity index (χ1) is 16.9. The summed E-state index contributed by atoms with van der Waals surface area (Å²) >= 11 is 11.7. The summed E-state index contributed by atoms with van der Waals surface area (Å²) in [7, 11) is -1.43. The van der Waals surface area contributed by atoms with E-state index >= 15 is 0 Å². The van der Waals surface area contributed by atoms with Crippen molar-refractivity contribution in [3.05, 3.63) is 68.4 Å². The van der Waals surface area contributed by atoms with Crippen molar-refractivity contribution in [2.45, 2.75) is 24.0 Å². The van der Waals surface area contributed by atoms with Crippen molar-refractivity contribution in [1.29, 1.82) is 0 Å². The lowest BCUT2D eigenvalue weighted by molar-refractivity contribution is -0.178. The van der Waals surface area contributed by atoms with Crippen LogP contribution in [0.3, 0.4) is 0 Å². The highest BCUT2D eigenvalue weighted by molar-refractivity contribution is 7.85. The summed E-state index contributed by atoms with van der Waals surface area (Å²) in [5.74, 6) is -4.12. The van der Waals surface area contributed by atoms with Gasteiger partial charge < -0.3 is 14.9 Å². The van der Waals surface area contributed by atoms with E-state index in [0.29, 0.717) is 24.2 Å². The van der Waals surface area contributed by atoms with Gasteiger partial charge in [0.15, 0.2) is 11.9 Å². The van der Waals surface area contributed by atoms with Crippen LogP contribution < -0.4 is 5.32 Å². The Morgan fingerprint density at radius 1 is 1.22 bits per heavy atom. The third-order valence-electron chi connectivity index (χ3n) is 6.47. The summed E-state index contributed by atoms with van der Waals surface area (Å²) in [5.41, 5.74) is -0.661. The monoisotopic (exact) mass is 564 g/mol. The number of nitrogens with zero attached hydrogens (tertiary/aromatic N) is 1. The fourth-order valence-electron chi connectivity index (χ4n) is 4.80.